The maximum absolute atomic E-state index is 5.47. The van der Waals surface area contributed by atoms with Crippen molar-refractivity contribution in [3.8, 4) is 0 Å². The first-order valence-corrected chi connectivity index (χ1v) is 4.76. The molecule has 0 N–H and O–H groups in total. The third kappa shape index (κ3) is 1.59. The summed E-state index contributed by atoms with van der Waals surface area (Å²) in [6.45, 7) is 6.44. The molecule has 1 aliphatic rings. The fraction of sp³-hybridized carbons (Fsp3) is 0.545. The van der Waals surface area contributed by atoms with E-state index in [-0.39, 0.29) is 0 Å². The Hall–Kier alpha value is -0.890. The summed E-state index contributed by atoms with van der Waals surface area (Å²) in [5, 5.41) is 0. The lowest BCUT2D eigenvalue weighted by Crippen LogP contribution is -2.05. The van der Waals surface area contributed by atoms with Crippen molar-refractivity contribution < 1.29 is 4.74 Å². The molecule has 2 heteroatoms. The van der Waals surface area contributed by atoms with E-state index >= 15 is 0 Å². The first-order chi connectivity index (χ1) is 6.20. The van der Waals surface area contributed by atoms with Crippen LogP contribution in [0.15, 0.2) is 18.5 Å². The SMILES string of the molecule is Cc1cnccc1C(C)[C@H]1O[C@H]1C. The molecule has 0 aliphatic carbocycles. The van der Waals surface area contributed by atoms with Gasteiger partial charge in [0.2, 0.25) is 0 Å². The van der Waals surface area contributed by atoms with Crippen LogP contribution in [0.5, 0.6) is 0 Å². The number of aryl methyl sites for hydroxylation is 1. The molecule has 2 nitrogen and oxygen atoms in total. The van der Waals surface area contributed by atoms with Crippen LogP contribution in [0.1, 0.15) is 30.9 Å². The van der Waals surface area contributed by atoms with Crippen molar-refractivity contribution in [3.05, 3.63) is 29.6 Å². The Bertz CT molecular complexity index is 311. The standard InChI is InChI=1S/C11H15NO/c1-7-6-12-5-4-10(7)8(2)11-9(3)13-11/h4-6,8-9,11H,1-3H3/t8?,9-,11+/m0/s1. The van der Waals surface area contributed by atoms with Crippen LogP contribution in [0, 0.1) is 6.92 Å². The summed E-state index contributed by atoms with van der Waals surface area (Å²) in [4.78, 5) is 4.09. The molecule has 13 heavy (non-hydrogen) atoms. The Morgan fingerprint density at radius 3 is 2.77 bits per heavy atom. The van der Waals surface area contributed by atoms with Gasteiger partial charge in [0.1, 0.15) is 0 Å². The van der Waals surface area contributed by atoms with Gasteiger partial charge in [-0.25, -0.2) is 0 Å². The Morgan fingerprint density at radius 1 is 1.54 bits per heavy atom. The lowest BCUT2D eigenvalue weighted by molar-refractivity contribution is 0.359. The molecule has 0 radical (unpaired) electrons. The Kier molecular flexibility index (Phi) is 2.08. The lowest BCUT2D eigenvalue weighted by Gasteiger charge is -2.10. The van der Waals surface area contributed by atoms with Crippen molar-refractivity contribution in [3.63, 3.8) is 0 Å². The molecule has 0 aromatic carbocycles. The lowest BCUT2D eigenvalue weighted by atomic mass is 9.94. The number of nitrogens with zero attached hydrogens (tertiary/aromatic N) is 1. The summed E-state index contributed by atoms with van der Waals surface area (Å²) in [6, 6.07) is 2.09. The molecule has 1 aliphatic heterocycles. The van der Waals surface area contributed by atoms with Gasteiger partial charge in [-0.2, -0.15) is 0 Å². The fourth-order valence-corrected chi connectivity index (χ4v) is 1.90. The number of hydrogen-bond donors (Lipinski definition) is 0. The summed E-state index contributed by atoms with van der Waals surface area (Å²) in [5.41, 5.74) is 2.63. The largest absolute Gasteiger partial charge is 0.369 e. The molecular formula is C11H15NO. The molecule has 0 saturated carbocycles. The second-order valence-electron chi connectivity index (χ2n) is 3.83. The third-order valence-electron chi connectivity index (χ3n) is 2.80. The van der Waals surface area contributed by atoms with Gasteiger partial charge >= 0.3 is 0 Å². The minimum atomic E-state index is 0.418. The van der Waals surface area contributed by atoms with E-state index < -0.39 is 0 Å². The minimum absolute atomic E-state index is 0.418. The molecular weight excluding hydrogens is 162 g/mol. The van der Waals surface area contributed by atoms with E-state index in [0.717, 1.165) is 0 Å². The van der Waals surface area contributed by atoms with Crippen molar-refractivity contribution >= 4 is 0 Å². The van der Waals surface area contributed by atoms with Crippen molar-refractivity contribution in [1.82, 2.24) is 4.98 Å². The number of pyridine rings is 1. The molecule has 1 aromatic rings. The van der Waals surface area contributed by atoms with E-state index in [2.05, 4.69) is 31.8 Å². The molecule has 1 aromatic heterocycles. The van der Waals surface area contributed by atoms with Crippen molar-refractivity contribution in [2.45, 2.75) is 38.9 Å². The molecule has 2 rings (SSSR count). The normalized spacial score (nSPS) is 28.5. The van der Waals surface area contributed by atoms with E-state index in [1.165, 1.54) is 11.1 Å². The molecule has 2 heterocycles. The van der Waals surface area contributed by atoms with Gasteiger partial charge < -0.3 is 4.74 Å². The molecule has 0 spiro atoms. The zero-order valence-electron chi connectivity index (χ0n) is 8.32. The van der Waals surface area contributed by atoms with Crippen molar-refractivity contribution in [2.75, 3.05) is 0 Å². The highest BCUT2D eigenvalue weighted by atomic mass is 16.6. The Morgan fingerprint density at radius 2 is 2.23 bits per heavy atom. The molecule has 1 unspecified atom stereocenters. The van der Waals surface area contributed by atoms with E-state index in [4.69, 9.17) is 4.74 Å². The second kappa shape index (κ2) is 3.11. The van der Waals surface area contributed by atoms with Gasteiger partial charge in [0.15, 0.2) is 0 Å². The Balaban J connectivity index is 2.20. The smallest absolute Gasteiger partial charge is 0.0904 e. The topological polar surface area (TPSA) is 25.4 Å². The van der Waals surface area contributed by atoms with E-state index in [1.54, 1.807) is 0 Å². The van der Waals surface area contributed by atoms with E-state index in [9.17, 15) is 0 Å². The van der Waals surface area contributed by atoms with Crippen LogP contribution in [0.25, 0.3) is 0 Å². The average Bonchev–Trinajstić information content (AvgIpc) is 2.82. The molecule has 1 fully saturated rings. The van der Waals surface area contributed by atoms with Crippen LogP contribution in [0.3, 0.4) is 0 Å². The summed E-state index contributed by atoms with van der Waals surface area (Å²) in [5.74, 6) is 0.498. The van der Waals surface area contributed by atoms with Crippen molar-refractivity contribution in [1.29, 1.82) is 0 Å². The van der Waals surface area contributed by atoms with Crippen LogP contribution in [0.2, 0.25) is 0 Å². The molecule has 3 atom stereocenters. The highest BCUT2D eigenvalue weighted by Gasteiger charge is 2.39. The summed E-state index contributed by atoms with van der Waals surface area (Å²) < 4.78 is 5.47. The first kappa shape index (κ1) is 8.70. The first-order valence-electron chi connectivity index (χ1n) is 4.76. The van der Waals surface area contributed by atoms with E-state index in [1.807, 2.05) is 12.4 Å². The van der Waals surface area contributed by atoms with Crippen LogP contribution in [-0.2, 0) is 4.74 Å². The average molecular weight is 177 g/mol. The molecule has 0 amide bonds. The number of rotatable bonds is 2. The zero-order valence-corrected chi connectivity index (χ0v) is 8.32. The summed E-state index contributed by atoms with van der Waals surface area (Å²) >= 11 is 0. The number of epoxide rings is 1. The van der Waals surface area contributed by atoms with Gasteiger partial charge in [-0.1, -0.05) is 6.92 Å². The van der Waals surface area contributed by atoms with Gasteiger partial charge in [-0.15, -0.1) is 0 Å². The van der Waals surface area contributed by atoms with Gasteiger partial charge in [0.05, 0.1) is 12.2 Å². The predicted molar refractivity (Wildman–Crippen MR) is 51.7 cm³/mol. The van der Waals surface area contributed by atoms with Crippen LogP contribution >= 0.6 is 0 Å². The maximum Gasteiger partial charge on any atom is 0.0904 e. The van der Waals surface area contributed by atoms with Gasteiger partial charge in [0.25, 0.3) is 0 Å². The van der Waals surface area contributed by atoms with Crippen LogP contribution in [0.4, 0.5) is 0 Å². The zero-order chi connectivity index (χ0) is 9.42. The van der Waals surface area contributed by atoms with Gasteiger partial charge in [-0.3, -0.25) is 4.98 Å². The second-order valence-corrected chi connectivity index (χ2v) is 3.83. The van der Waals surface area contributed by atoms with Gasteiger partial charge in [-0.05, 0) is 31.0 Å². The number of ether oxygens (including phenoxy) is 1. The highest BCUT2D eigenvalue weighted by molar-refractivity contribution is 5.27. The van der Waals surface area contributed by atoms with Gasteiger partial charge in [0, 0.05) is 18.3 Å². The van der Waals surface area contributed by atoms with Crippen LogP contribution in [-0.4, -0.2) is 17.2 Å². The number of hydrogen-bond acceptors (Lipinski definition) is 2. The fourth-order valence-electron chi connectivity index (χ4n) is 1.90. The summed E-state index contributed by atoms with van der Waals surface area (Å²) in [7, 11) is 0. The quantitative estimate of drug-likeness (QED) is 0.647. The summed E-state index contributed by atoms with van der Waals surface area (Å²) in [6.07, 6.45) is 4.62. The monoisotopic (exact) mass is 177 g/mol. The predicted octanol–water partition coefficient (Wildman–Crippen LogP) is 2.28. The highest BCUT2D eigenvalue weighted by Crippen LogP contribution is 2.36. The van der Waals surface area contributed by atoms with Crippen LogP contribution < -0.4 is 0 Å². The third-order valence-corrected chi connectivity index (χ3v) is 2.80. The minimum Gasteiger partial charge on any atom is -0.369 e. The Labute approximate surface area is 78.9 Å². The van der Waals surface area contributed by atoms with E-state index in [0.29, 0.717) is 18.1 Å². The number of aromatic nitrogens is 1. The maximum atomic E-state index is 5.47. The molecule has 1 saturated heterocycles. The van der Waals surface area contributed by atoms with Crippen molar-refractivity contribution in [2.24, 2.45) is 0 Å². The molecule has 0 bridgehead atoms. The molecule has 70 valence electrons.